The lowest BCUT2D eigenvalue weighted by Crippen LogP contribution is -2.02. The maximum absolute atomic E-state index is 6.00. The lowest BCUT2D eigenvalue weighted by atomic mass is 10.0. The van der Waals surface area contributed by atoms with E-state index in [0.717, 1.165) is 39.3 Å². The highest BCUT2D eigenvalue weighted by Crippen LogP contribution is 2.42. The quantitative estimate of drug-likeness (QED) is 0.427. The number of nitrogens with zero attached hydrogens (tertiary/aromatic N) is 3. The van der Waals surface area contributed by atoms with Crippen molar-refractivity contribution < 1.29 is 14.0 Å². The van der Waals surface area contributed by atoms with Crippen LogP contribution < -0.4 is 14.2 Å². The fourth-order valence-electron chi connectivity index (χ4n) is 3.70. The van der Waals surface area contributed by atoms with Gasteiger partial charge in [-0.25, -0.2) is 0 Å². The van der Waals surface area contributed by atoms with E-state index in [1.807, 2.05) is 42.1 Å². The molecule has 1 aliphatic heterocycles. The van der Waals surface area contributed by atoms with Gasteiger partial charge >= 0.3 is 0 Å². The summed E-state index contributed by atoms with van der Waals surface area (Å²) in [5.41, 5.74) is 4.20. The second-order valence-electron chi connectivity index (χ2n) is 7.14. The van der Waals surface area contributed by atoms with Crippen LogP contribution in [0.3, 0.4) is 0 Å². The van der Waals surface area contributed by atoms with Crippen LogP contribution in [0.25, 0.3) is 11.0 Å². The topological polar surface area (TPSA) is 74.3 Å². The number of rotatable bonds is 7. The molecule has 5 rings (SSSR count). The van der Waals surface area contributed by atoms with E-state index >= 15 is 0 Å². The minimum absolute atomic E-state index is 0.615. The van der Waals surface area contributed by atoms with E-state index in [-0.39, 0.29) is 0 Å². The molecule has 0 saturated carbocycles. The first-order valence-corrected chi connectivity index (χ1v) is 10.7. The van der Waals surface area contributed by atoms with Gasteiger partial charge in [0.05, 0.1) is 24.7 Å². The largest absolute Gasteiger partial charge is 0.493 e. The van der Waals surface area contributed by atoms with Crippen LogP contribution in [0.5, 0.6) is 11.5 Å². The molecule has 0 fully saturated rings. The molecule has 0 atom stereocenters. The molecular formula is C22H22N4O3S. The summed E-state index contributed by atoms with van der Waals surface area (Å²) in [4.78, 5) is 0.992. The zero-order valence-corrected chi connectivity index (χ0v) is 17.7. The van der Waals surface area contributed by atoms with Crippen LogP contribution in [0.2, 0.25) is 0 Å². The summed E-state index contributed by atoms with van der Waals surface area (Å²) in [5, 5.41) is 9.46. The average Bonchev–Trinajstić information content (AvgIpc) is 3.48. The van der Waals surface area contributed by atoms with E-state index in [1.165, 1.54) is 17.5 Å². The minimum Gasteiger partial charge on any atom is -0.493 e. The first-order valence-electron chi connectivity index (χ1n) is 9.93. The van der Waals surface area contributed by atoms with Gasteiger partial charge in [0.1, 0.15) is 16.9 Å². The second kappa shape index (κ2) is 7.95. The fourth-order valence-corrected chi connectivity index (χ4v) is 4.40. The van der Waals surface area contributed by atoms with Crippen LogP contribution >= 0.6 is 11.9 Å². The predicted molar refractivity (Wildman–Crippen MR) is 116 cm³/mol. The number of nitrogens with one attached hydrogen (secondary N) is 1. The zero-order valence-electron chi connectivity index (χ0n) is 16.8. The Balaban J connectivity index is 1.46. The van der Waals surface area contributed by atoms with Crippen molar-refractivity contribution in [1.29, 1.82) is 0 Å². The number of anilines is 1. The Morgan fingerprint density at radius 3 is 3.07 bits per heavy atom. The monoisotopic (exact) mass is 422 g/mol. The summed E-state index contributed by atoms with van der Waals surface area (Å²) in [5.74, 6) is 2.36. The van der Waals surface area contributed by atoms with E-state index in [9.17, 15) is 0 Å². The summed E-state index contributed by atoms with van der Waals surface area (Å²) >= 11 is 1.45. The van der Waals surface area contributed by atoms with Crippen molar-refractivity contribution in [2.24, 2.45) is 0 Å². The van der Waals surface area contributed by atoms with Crippen LogP contribution in [0.4, 0.5) is 5.82 Å². The molecule has 3 heterocycles. The molecular weight excluding hydrogens is 400 g/mol. The smallest absolute Gasteiger partial charge is 0.191 e. The molecule has 7 nitrogen and oxygen atoms in total. The molecule has 0 bridgehead atoms. The Bertz CT molecular complexity index is 1190. The van der Waals surface area contributed by atoms with Crippen molar-refractivity contribution in [3.8, 4) is 11.5 Å². The zero-order chi connectivity index (χ0) is 20.5. The Morgan fingerprint density at radius 2 is 2.23 bits per heavy atom. The molecule has 30 heavy (non-hydrogen) atoms. The molecule has 2 aromatic carbocycles. The summed E-state index contributed by atoms with van der Waals surface area (Å²) in [7, 11) is 0. The van der Waals surface area contributed by atoms with Crippen molar-refractivity contribution >= 4 is 28.7 Å². The van der Waals surface area contributed by atoms with Crippen LogP contribution in [-0.2, 0) is 13.0 Å². The lowest BCUT2D eigenvalue weighted by molar-refractivity contribution is 0.332. The maximum Gasteiger partial charge on any atom is 0.191 e. The number of ether oxygens (including phenoxy) is 2. The van der Waals surface area contributed by atoms with E-state index in [2.05, 4.69) is 28.0 Å². The highest BCUT2D eigenvalue weighted by atomic mass is 32.2. The van der Waals surface area contributed by atoms with Gasteiger partial charge in [-0.15, -0.1) is 0 Å². The Hall–Kier alpha value is -3.13. The minimum atomic E-state index is 0.615. The van der Waals surface area contributed by atoms with Gasteiger partial charge in [0.2, 0.25) is 0 Å². The van der Waals surface area contributed by atoms with E-state index in [1.54, 1.807) is 6.20 Å². The molecule has 1 N–H and O–H groups in total. The van der Waals surface area contributed by atoms with Crippen molar-refractivity contribution in [1.82, 2.24) is 14.9 Å². The highest BCUT2D eigenvalue weighted by Gasteiger charge is 2.25. The van der Waals surface area contributed by atoms with Crippen LogP contribution in [0.15, 0.2) is 52.1 Å². The molecule has 4 aromatic rings. The van der Waals surface area contributed by atoms with Crippen molar-refractivity contribution in [2.45, 2.75) is 31.7 Å². The van der Waals surface area contributed by atoms with E-state index < -0.39 is 0 Å². The molecule has 0 saturated heterocycles. The molecule has 8 heteroatoms. The number of aryl methyl sites for hydroxylation is 1. The molecule has 0 unspecified atom stereocenters. The Kier molecular flexibility index (Phi) is 5.00. The molecule has 0 amide bonds. The van der Waals surface area contributed by atoms with Gasteiger partial charge in [-0.3, -0.25) is 4.68 Å². The van der Waals surface area contributed by atoms with Gasteiger partial charge in [-0.1, -0.05) is 11.2 Å². The fraction of sp³-hybridized carbons (Fsp3) is 0.273. The second-order valence-corrected chi connectivity index (χ2v) is 7.99. The van der Waals surface area contributed by atoms with Gasteiger partial charge < -0.3 is 18.7 Å². The number of hydrogen-bond donors (Lipinski definition) is 1. The normalized spacial score (nSPS) is 12.7. The number of hydrogen-bond acceptors (Lipinski definition) is 7. The van der Waals surface area contributed by atoms with Crippen LogP contribution in [0, 0.1) is 6.92 Å². The third-order valence-corrected chi connectivity index (χ3v) is 5.91. The summed E-state index contributed by atoms with van der Waals surface area (Å²) < 4.78 is 22.7. The standard InChI is InChI=1S/C22H22N4O3S/c1-3-27-17-11-14(2)5-6-19(17)30-25-22-20-18(29-24-22)12-15(13-26-9-4-8-23-26)16-7-10-28-21(16)20/h4-6,8-9,11-12H,3,7,10,13H2,1-2H3,(H,24,25). The molecule has 1 aliphatic rings. The summed E-state index contributed by atoms with van der Waals surface area (Å²) in [6.45, 7) is 5.98. The molecule has 0 radical (unpaired) electrons. The van der Waals surface area contributed by atoms with E-state index in [4.69, 9.17) is 14.0 Å². The Morgan fingerprint density at radius 1 is 1.30 bits per heavy atom. The average molecular weight is 423 g/mol. The molecule has 2 aromatic heterocycles. The first-order chi connectivity index (χ1) is 14.7. The predicted octanol–water partition coefficient (Wildman–Crippen LogP) is 4.83. The van der Waals surface area contributed by atoms with Crippen molar-refractivity contribution in [3.05, 3.63) is 59.4 Å². The van der Waals surface area contributed by atoms with E-state index in [0.29, 0.717) is 31.2 Å². The number of benzene rings is 2. The van der Waals surface area contributed by atoms with Gasteiger partial charge in [0, 0.05) is 24.4 Å². The molecule has 0 spiro atoms. The van der Waals surface area contributed by atoms with Gasteiger partial charge in [-0.2, -0.15) is 5.10 Å². The number of aromatic nitrogens is 3. The number of fused-ring (bicyclic) bond motifs is 3. The van der Waals surface area contributed by atoms with Gasteiger partial charge in [-0.05, 0) is 61.2 Å². The first kappa shape index (κ1) is 18.9. The third kappa shape index (κ3) is 3.47. The highest BCUT2D eigenvalue weighted by molar-refractivity contribution is 8.00. The van der Waals surface area contributed by atoms with Crippen molar-refractivity contribution in [3.63, 3.8) is 0 Å². The SMILES string of the molecule is CCOc1cc(C)ccc1SNc1noc2cc(Cn3cccn3)c3c(c12)OCC3. The summed E-state index contributed by atoms with van der Waals surface area (Å²) in [6.07, 6.45) is 4.60. The molecule has 0 aliphatic carbocycles. The summed E-state index contributed by atoms with van der Waals surface area (Å²) in [6, 6.07) is 10.1. The van der Waals surface area contributed by atoms with Crippen molar-refractivity contribution in [2.75, 3.05) is 17.9 Å². The lowest BCUT2D eigenvalue weighted by Gasteiger charge is -2.11. The molecule has 154 valence electrons. The van der Waals surface area contributed by atoms with Gasteiger partial charge in [0.15, 0.2) is 11.4 Å². The maximum atomic E-state index is 6.00. The third-order valence-electron chi connectivity index (χ3n) is 5.06. The van der Waals surface area contributed by atoms with Crippen LogP contribution in [0.1, 0.15) is 23.6 Å². The Labute approximate surface area is 178 Å². The van der Waals surface area contributed by atoms with Gasteiger partial charge in [0.25, 0.3) is 0 Å². The van der Waals surface area contributed by atoms with Crippen LogP contribution in [-0.4, -0.2) is 28.2 Å².